The van der Waals surface area contributed by atoms with Gasteiger partial charge in [0.1, 0.15) is 30.8 Å². The Morgan fingerprint density at radius 1 is 1.03 bits per heavy atom. The van der Waals surface area contributed by atoms with Crippen LogP contribution in [0.4, 0.5) is 0 Å². The highest BCUT2D eigenvalue weighted by Gasteiger charge is 2.47. The van der Waals surface area contributed by atoms with Crippen molar-refractivity contribution in [2.24, 2.45) is 5.92 Å². The number of carbonyl (C=O) groups is 1. The molecule has 1 aliphatic heterocycles. The fourth-order valence-corrected chi connectivity index (χ4v) is 4.57. The summed E-state index contributed by atoms with van der Waals surface area (Å²) in [6.45, 7) is 10.1. The fourth-order valence-electron chi connectivity index (χ4n) is 4.57. The van der Waals surface area contributed by atoms with Gasteiger partial charge in [0, 0.05) is 16.9 Å². The molecule has 188 valence electrons. The minimum atomic E-state index is -0.911. The summed E-state index contributed by atoms with van der Waals surface area (Å²) in [7, 11) is 0. The first-order chi connectivity index (χ1) is 16.7. The molecule has 0 spiro atoms. The van der Waals surface area contributed by atoms with Crippen LogP contribution in [0.5, 0.6) is 11.5 Å². The van der Waals surface area contributed by atoms with Gasteiger partial charge < -0.3 is 24.1 Å². The minimum absolute atomic E-state index is 0.0298. The Morgan fingerprint density at radius 2 is 1.63 bits per heavy atom. The average Bonchev–Trinajstić information content (AvgIpc) is 3.66. The molecule has 2 aromatic carbocycles. The van der Waals surface area contributed by atoms with Gasteiger partial charge in [0.2, 0.25) is 0 Å². The lowest BCUT2D eigenvalue weighted by atomic mass is 9.78. The molecule has 0 amide bonds. The Labute approximate surface area is 207 Å². The van der Waals surface area contributed by atoms with E-state index < -0.39 is 12.1 Å². The second-order valence-electron chi connectivity index (χ2n) is 10.2. The molecule has 2 aliphatic rings. The van der Waals surface area contributed by atoms with E-state index in [0.29, 0.717) is 29.4 Å². The molecule has 2 aromatic rings. The van der Waals surface area contributed by atoms with Gasteiger partial charge >= 0.3 is 5.97 Å². The number of carbonyl (C=O) groups excluding carboxylic acids is 1. The van der Waals surface area contributed by atoms with Crippen molar-refractivity contribution in [3.63, 3.8) is 0 Å². The predicted molar refractivity (Wildman–Crippen MR) is 134 cm³/mol. The van der Waals surface area contributed by atoms with Gasteiger partial charge in [-0.1, -0.05) is 51.1 Å². The van der Waals surface area contributed by atoms with Gasteiger partial charge in [0.25, 0.3) is 0 Å². The topological polar surface area (TPSA) is 77.5 Å². The van der Waals surface area contributed by atoms with Crippen LogP contribution in [0.2, 0.25) is 0 Å². The number of aliphatic hydroxyl groups is 1. The van der Waals surface area contributed by atoms with Crippen LogP contribution in [0.15, 0.2) is 60.7 Å². The summed E-state index contributed by atoms with van der Waals surface area (Å²) < 4.78 is 22.4. The highest BCUT2D eigenvalue weighted by molar-refractivity contribution is 5.86. The van der Waals surface area contributed by atoms with Crippen LogP contribution < -0.4 is 9.47 Å². The van der Waals surface area contributed by atoms with Crippen LogP contribution in [-0.4, -0.2) is 49.2 Å². The number of rotatable bonds is 11. The predicted octanol–water partition coefficient (Wildman–Crippen LogP) is 4.82. The van der Waals surface area contributed by atoms with Crippen molar-refractivity contribution in [3.05, 3.63) is 71.8 Å². The van der Waals surface area contributed by atoms with E-state index >= 15 is 0 Å². The molecule has 35 heavy (non-hydrogen) atoms. The average molecular weight is 481 g/mol. The van der Waals surface area contributed by atoms with Gasteiger partial charge in [-0.25, -0.2) is 4.79 Å². The molecule has 6 heteroatoms. The van der Waals surface area contributed by atoms with Crippen molar-refractivity contribution < 1.29 is 28.8 Å². The smallest absolute Gasteiger partial charge is 0.333 e. The van der Waals surface area contributed by atoms with Gasteiger partial charge in [-0.05, 0) is 55.2 Å². The van der Waals surface area contributed by atoms with Crippen molar-refractivity contribution >= 4 is 5.97 Å². The summed E-state index contributed by atoms with van der Waals surface area (Å²) in [4.78, 5) is 11.4. The first kappa shape index (κ1) is 25.3. The number of hydrogen-bond acceptors (Lipinski definition) is 6. The third kappa shape index (κ3) is 6.44. The van der Waals surface area contributed by atoms with E-state index in [0.717, 1.165) is 17.9 Å². The molecule has 0 bridgehead atoms. The SMILES string of the molecule is C=C(C)C(=O)OCC(O)COc1ccc(C(C)(C)c2ccc(OCC3CCCC4OC34)cc2)cc1. The molecule has 1 saturated heterocycles. The van der Waals surface area contributed by atoms with Gasteiger partial charge in [-0.3, -0.25) is 0 Å². The van der Waals surface area contributed by atoms with Gasteiger partial charge in [0.05, 0.1) is 18.8 Å². The molecule has 4 unspecified atom stereocenters. The lowest BCUT2D eigenvalue weighted by molar-refractivity contribution is -0.142. The summed E-state index contributed by atoms with van der Waals surface area (Å²) in [5, 5.41) is 9.97. The highest BCUT2D eigenvalue weighted by atomic mass is 16.6. The zero-order chi connectivity index (χ0) is 25.0. The Hall–Kier alpha value is -2.83. The molecule has 1 heterocycles. The molecule has 1 saturated carbocycles. The van der Waals surface area contributed by atoms with E-state index in [4.69, 9.17) is 18.9 Å². The zero-order valence-corrected chi connectivity index (χ0v) is 20.9. The quantitative estimate of drug-likeness (QED) is 0.282. The standard InChI is InChI=1S/C29H36O6/c1-19(2)28(31)34-18-23(30)17-33-25-14-10-22(11-15-25)29(3,4)21-8-12-24(13-9-21)32-16-20-6-5-7-26-27(20)35-26/h8-15,20,23,26-27,30H,1,5-7,16-18H2,2-4H3. The van der Waals surface area contributed by atoms with E-state index in [9.17, 15) is 9.90 Å². The number of epoxide rings is 1. The molecule has 1 N–H and O–H groups in total. The Morgan fingerprint density at radius 3 is 2.23 bits per heavy atom. The summed E-state index contributed by atoms with van der Waals surface area (Å²) in [5.41, 5.74) is 2.43. The summed E-state index contributed by atoms with van der Waals surface area (Å²) in [6, 6.07) is 16.2. The van der Waals surface area contributed by atoms with E-state index in [1.807, 2.05) is 36.4 Å². The third-order valence-electron chi connectivity index (χ3n) is 6.96. The van der Waals surface area contributed by atoms with Crippen molar-refractivity contribution in [1.82, 2.24) is 0 Å². The van der Waals surface area contributed by atoms with Crippen molar-refractivity contribution in [2.75, 3.05) is 19.8 Å². The fraction of sp³-hybridized carbons (Fsp3) is 0.483. The molecular weight excluding hydrogens is 444 g/mol. The largest absolute Gasteiger partial charge is 0.493 e. The molecule has 1 aliphatic carbocycles. The van der Waals surface area contributed by atoms with Gasteiger partial charge in [-0.2, -0.15) is 0 Å². The first-order valence-corrected chi connectivity index (χ1v) is 12.4. The minimum Gasteiger partial charge on any atom is -0.493 e. The number of fused-ring (bicyclic) bond motifs is 1. The molecule has 4 rings (SSSR count). The van der Waals surface area contributed by atoms with Gasteiger partial charge in [0.15, 0.2) is 0 Å². The Kier molecular flexibility index (Phi) is 7.82. The normalized spacial score (nSPS) is 22.0. The summed E-state index contributed by atoms with van der Waals surface area (Å²) in [6.07, 6.45) is 3.61. The number of aliphatic hydroxyl groups excluding tert-OH is 1. The number of esters is 1. The van der Waals surface area contributed by atoms with Crippen LogP contribution in [0.25, 0.3) is 0 Å². The molecule has 2 fully saturated rings. The number of benzene rings is 2. The first-order valence-electron chi connectivity index (χ1n) is 12.4. The van der Waals surface area contributed by atoms with Gasteiger partial charge in [-0.15, -0.1) is 0 Å². The van der Waals surface area contributed by atoms with Crippen LogP contribution in [0.1, 0.15) is 51.2 Å². The Bertz CT molecular complexity index is 1010. The maximum Gasteiger partial charge on any atom is 0.333 e. The Balaban J connectivity index is 1.27. The highest BCUT2D eigenvalue weighted by Crippen LogP contribution is 2.41. The maximum absolute atomic E-state index is 11.4. The van der Waals surface area contributed by atoms with Crippen molar-refractivity contribution in [2.45, 2.75) is 63.8 Å². The number of hydrogen-bond donors (Lipinski definition) is 1. The van der Waals surface area contributed by atoms with E-state index in [1.165, 1.54) is 24.8 Å². The molecule has 0 radical (unpaired) electrons. The lowest BCUT2D eigenvalue weighted by Gasteiger charge is -2.27. The maximum atomic E-state index is 11.4. The molecule has 0 aromatic heterocycles. The van der Waals surface area contributed by atoms with E-state index in [-0.39, 0.29) is 18.6 Å². The third-order valence-corrected chi connectivity index (χ3v) is 6.96. The van der Waals surface area contributed by atoms with Crippen LogP contribution in [0, 0.1) is 5.92 Å². The molecule has 4 atom stereocenters. The van der Waals surface area contributed by atoms with E-state index in [1.54, 1.807) is 6.92 Å². The summed E-state index contributed by atoms with van der Waals surface area (Å²) >= 11 is 0. The zero-order valence-electron chi connectivity index (χ0n) is 20.9. The lowest BCUT2D eigenvalue weighted by Crippen LogP contribution is -2.25. The van der Waals surface area contributed by atoms with Crippen LogP contribution in [0.3, 0.4) is 0 Å². The second kappa shape index (κ2) is 10.8. The summed E-state index contributed by atoms with van der Waals surface area (Å²) in [5.74, 6) is 1.52. The monoisotopic (exact) mass is 480 g/mol. The van der Waals surface area contributed by atoms with Crippen molar-refractivity contribution in [1.29, 1.82) is 0 Å². The van der Waals surface area contributed by atoms with Crippen LogP contribution >= 0.6 is 0 Å². The van der Waals surface area contributed by atoms with E-state index in [2.05, 4.69) is 32.6 Å². The van der Waals surface area contributed by atoms with Crippen LogP contribution in [-0.2, 0) is 19.7 Å². The number of ether oxygens (including phenoxy) is 4. The van der Waals surface area contributed by atoms with Crippen molar-refractivity contribution in [3.8, 4) is 11.5 Å². The molecular formula is C29H36O6. The second-order valence-corrected chi connectivity index (χ2v) is 10.2. The molecule has 6 nitrogen and oxygen atoms in total.